The largest absolute Gasteiger partial charge is 0.369 e. The van der Waals surface area contributed by atoms with E-state index >= 15 is 0 Å². The summed E-state index contributed by atoms with van der Waals surface area (Å²) in [5.74, 6) is 0.432. The Labute approximate surface area is 144 Å². The zero-order valence-corrected chi connectivity index (χ0v) is 14.3. The summed E-state index contributed by atoms with van der Waals surface area (Å²) in [6.45, 7) is 1.08. The van der Waals surface area contributed by atoms with Crippen LogP contribution in [-0.4, -0.2) is 48.0 Å². The second-order valence-electron chi connectivity index (χ2n) is 5.80. The number of rotatable bonds is 2. The predicted octanol–water partition coefficient (Wildman–Crippen LogP) is 2.51. The van der Waals surface area contributed by atoms with Crippen LogP contribution in [0.15, 0.2) is 36.7 Å². The number of anilines is 1. The van der Waals surface area contributed by atoms with Crippen LogP contribution in [0.1, 0.15) is 0 Å². The van der Waals surface area contributed by atoms with Crippen LogP contribution in [0.25, 0.3) is 22.3 Å². The van der Waals surface area contributed by atoms with Crippen molar-refractivity contribution in [3.63, 3.8) is 0 Å². The molecule has 3 aromatic rings. The molecule has 2 aromatic heterocycles. The van der Waals surface area contributed by atoms with Crippen LogP contribution in [0, 0.1) is 0 Å². The molecule has 0 aliphatic carbocycles. The fraction of sp³-hybridized carbons (Fsp3) is 0.250. The van der Waals surface area contributed by atoms with E-state index in [9.17, 15) is 8.42 Å². The third kappa shape index (κ3) is 2.85. The molecule has 24 heavy (non-hydrogen) atoms. The SMILES string of the molecule is O=S1(=O)CCN(c2ccc(-c3cc4c(Cl)ncnc4[nH]3)cc2)CC1. The first-order valence-electron chi connectivity index (χ1n) is 7.57. The second-order valence-corrected chi connectivity index (χ2v) is 8.46. The molecule has 1 fully saturated rings. The molecule has 124 valence electrons. The average molecular weight is 363 g/mol. The molecule has 3 heterocycles. The highest BCUT2D eigenvalue weighted by Gasteiger charge is 2.21. The lowest BCUT2D eigenvalue weighted by Gasteiger charge is -2.28. The Morgan fingerprint density at radius 2 is 1.79 bits per heavy atom. The van der Waals surface area contributed by atoms with E-state index in [1.807, 2.05) is 30.3 Å². The summed E-state index contributed by atoms with van der Waals surface area (Å²) >= 11 is 6.08. The molecule has 0 unspecified atom stereocenters. The van der Waals surface area contributed by atoms with Gasteiger partial charge in [-0.25, -0.2) is 18.4 Å². The normalized spacial score (nSPS) is 17.3. The molecule has 0 radical (unpaired) electrons. The van der Waals surface area contributed by atoms with Gasteiger partial charge in [-0.1, -0.05) is 23.7 Å². The molecule has 0 amide bonds. The van der Waals surface area contributed by atoms with Gasteiger partial charge in [0.15, 0.2) is 9.84 Å². The first-order chi connectivity index (χ1) is 11.5. The summed E-state index contributed by atoms with van der Waals surface area (Å²) < 4.78 is 23.1. The van der Waals surface area contributed by atoms with Crippen molar-refractivity contribution in [3.8, 4) is 11.3 Å². The van der Waals surface area contributed by atoms with Crippen LogP contribution < -0.4 is 4.90 Å². The minimum atomic E-state index is -2.87. The monoisotopic (exact) mass is 362 g/mol. The molecule has 0 saturated carbocycles. The van der Waals surface area contributed by atoms with Gasteiger partial charge < -0.3 is 9.88 Å². The van der Waals surface area contributed by atoms with Crippen molar-refractivity contribution < 1.29 is 8.42 Å². The standard InChI is InChI=1S/C16H15ClN4O2S/c17-15-13-9-14(20-16(13)19-10-18-15)11-1-3-12(4-2-11)21-5-7-24(22,23)8-6-21/h1-4,9-10H,5-8H2,(H,18,19,20). The first-order valence-corrected chi connectivity index (χ1v) is 9.77. The van der Waals surface area contributed by atoms with Crippen LogP contribution in [0.5, 0.6) is 0 Å². The van der Waals surface area contributed by atoms with Crippen molar-refractivity contribution in [1.29, 1.82) is 0 Å². The number of nitrogens with zero attached hydrogens (tertiary/aromatic N) is 3. The number of hydrogen-bond donors (Lipinski definition) is 1. The number of aromatic amines is 1. The van der Waals surface area contributed by atoms with Gasteiger partial charge in [0.25, 0.3) is 0 Å². The minimum Gasteiger partial charge on any atom is -0.369 e. The smallest absolute Gasteiger partial charge is 0.153 e. The lowest BCUT2D eigenvalue weighted by Crippen LogP contribution is -2.40. The van der Waals surface area contributed by atoms with Crippen LogP contribution in [0.4, 0.5) is 5.69 Å². The molecular formula is C16H15ClN4O2S. The molecule has 8 heteroatoms. The third-order valence-corrected chi connectivity index (χ3v) is 6.18. The lowest BCUT2D eigenvalue weighted by atomic mass is 10.1. The molecule has 1 aliphatic heterocycles. The molecule has 6 nitrogen and oxygen atoms in total. The van der Waals surface area contributed by atoms with E-state index in [0.29, 0.717) is 23.9 Å². The zero-order chi connectivity index (χ0) is 16.7. The molecule has 1 aromatic carbocycles. The van der Waals surface area contributed by atoms with Gasteiger partial charge >= 0.3 is 0 Å². The van der Waals surface area contributed by atoms with E-state index < -0.39 is 9.84 Å². The summed E-state index contributed by atoms with van der Waals surface area (Å²) in [6, 6.07) is 9.95. The number of nitrogens with one attached hydrogen (secondary N) is 1. The van der Waals surface area contributed by atoms with E-state index in [2.05, 4.69) is 19.9 Å². The van der Waals surface area contributed by atoms with E-state index in [1.165, 1.54) is 6.33 Å². The molecular weight excluding hydrogens is 348 g/mol. The minimum absolute atomic E-state index is 0.216. The molecule has 1 aliphatic rings. The summed E-state index contributed by atoms with van der Waals surface area (Å²) in [5.41, 5.74) is 3.66. The van der Waals surface area contributed by atoms with Gasteiger partial charge in [0.2, 0.25) is 0 Å². The Hall–Kier alpha value is -2.12. The van der Waals surface area contributed by atoms with Gasteiger partial charge in [0.1, 0.15) is 17.1 Å². The highest BCUT2D eigenvalue weighted by atomic mass is 35.5. The molecule has 0 atom stereocenters. The van der Waals surface area contributed by atoms with Crippen LogP contribution in [-0.2, 0) is 9.84 Å². The maximum absolute atomic E-state index is 11.5. The van der Waals surface area contributed by atoms with Crippen LogP contribution in [0.3, 0.4) is 0 Å². The Morgan fingerprint density at radius 1 is 1.08 bits per heavy atom. The highest BCUT2D eigenvalue weighted by Crippen LogP contribution is 2.28. The van der Waals surface area contributed by atoms with E-state index in [0.717, 1.165) is 22.3 Å². The number of fused-ring (bicyclic) bond motifs is 1. The van der Waals surface area contributed by atoms with Gasteiger partial charge in [0, 0.05) is 24.5 Å². The van der Waals surface area contributed by atoms with Gasteiger partial charge in [0.05, 0.1) is 16.9 Å². The van der Waals surface area contributed by atoms with Crippen molar-refractivity contribution in [2.45, 2.75) is 0 Å². The number of benzene rings is 1. The van der Waals surface area contributed by atoms with Crippen molar-refractivity contribution >= 4 is 38.2 Å². The van der Waals surface area contributed by atoms with Gasteiger partial charge in [-0.2, -0.15) is 0 Å². The Morgan fingerprint density at radius 3 is 2.46 bits per heavy atom. The molecule has 0 bridgehead atoms. The topological polar surface area (TPSA) is 79.0 Å². The van der Waals surface area contributed by atoms with E-state index in [1.54, 1.807) is 0 Å². The third-order valence-electron chi connectivity index (χ3n) is 4.26. The first kappa shape index (κ1) is 15.4. The van der Waals surface area contributed by atoms with E-state index in [-0.39, 0.29) is 11.5 Å². The van der Waals surface area contributed by atoms with Crippen LogP contribution >= 0.6 is 11.6 Å². The molecule has 0 spiro atoms. The summed E-state index contributed by atoms with van der Waals surface area (Å²) in [7, 11) is -2.87. The van der Waals surface area contributed by atoms with Crippen molar-refractivity contribution in [1.82, 2.24) is 15.0 Å². The number of halogens is 1. The Balaban J connectivity index is 1.60. The number of hydrogen-bond acceptors (Lipinski definition) is 5. The van der Waals surface area contributed by atoms with Crippen LogP contribution in [0.2, 0.25) is 5.15 Å². The number of aromatic nitrogens is 3. The quantitative estimate of drug-likeness (QED) is 0.708. The van der Waals surface area contributed by atoms with Crippen molar-refractivity contribution in [2.24, 2.45) is 0 Å². The Kier molecular flexibility index (Phi) is 3.69. The molecule has 1 saturated heterocycles. The second kappa shape index (κ2) is 5.75. The summed E-state index contributed by atoms with van der Waals surface area (Å²) in [4.78, 5) is 13.5. The maximum atomic E-state index is 11.5. The fourth-order valence-corrected chi connectivity index (χ4v) is 4.28. The fourth-order valence-electron chi connectivity index (χ4n) is 2.89. The van der Waals surface area contributed by atoms with Gasteiger partial charge in [-0.3, -0.25) is 0 Å². The number of sulfone groups is 1. The average Bonchev–Trinajstić information content (AvgIpc) is 3.01. The maximum Gasteiger partial charge on any atom is 0.153 e. The van der Waals surface area contributed by atoms with E-state index in [4.69, 9.17) is 11.6 Å². The lowest BCUT2D eigenvalue weighted by molar-refractivity contribution is 0.587. The molecule has 4 rings (SSSR count). The van der Waals surface area contributed by atoms with Crippen molar-refractivity contribution in [3.05, 3.63) is 41.8 Å². The Bertz CT molecular complexity index is 985. The zero-order valence-electron chi connectivity index (χ0n) is 12.7. The van der Waals surface area contributed by atoms with Gasteiger partial charge in [-0.05, 0) is 23.8 Å². The predicted molar refractivity (Wildman–Crippen MR) is 95.2 cm³/mol. The molecule has 1 N–H and O–H groups in total. The summed E-state index contributed by atoms with van der Waals surface area (Å²) in [6.07, 6.45) is 1.43. The van der Waals surface area contributed by atoms with Gasteiger partial charge in [-0.15, -0.1) is 0 Å². The van der Waals surface area contributed by atoms with Crippen molar-refractivity contribution in [2.75, 3.05) is 29.5 Å². The highest BCUT2D eigenvalue weighted by molar-refractivity contribution is 7.91. The summed E-state index contributed by atoms with van der Waals surface area (Å²) in [5, 5.41) is 1.22. The number of H-pyrrole nitrogens is 1.